The van der Waals surface area contributed by atoms with Crippen molar-refractivity contribution in [1.29, 1.82) is 0 Å². The Labute approximate surface area is 157 Å². The zero-order valence-corrected chi connectivity index (χ0v) is 16.0. The summed E-state index contributed by atoms with van der Waals surface area (Å²) < 4.78 is 26.6. The zero-order chi connectivity index (χ0) is 18.7. The number of rotatable bonds is 5. The molecule has 1 amide bonds. The van der Waals surface area contributed by atoms with Gasteiger partial charge in [-0.1, -0.05) is 23.8 Å². The summed E-state index contributed by atoms with van der Waals surface area (Å²) in [6.07, 6.45) is 0. The van der Waals surface area contributed by atoms with Crippen LogP contribution in [0.5, 0.6) is 0 Å². The number of hydrogen-bond acceptors (Lipinski definition) is 4. The molecule has 0 saturated heterocycles. The second kappa shape index (κ2) is 7.31. The fourth-order valence-electron chi connectivity index (χ4n) is 2.35. The molecule has 3 rings (SSSR count). The van der Waals surface area contributed by atoms with E-state index in [0.29, 0.717) is 16.9 Å². The number of thiophene rings is 1. The number of nitrogens with one attached hydrogen (secondary N) is 1. The molecular formula is C19H18N2O3S2. The molecule has 134 valence electrons. The molecular weight excluding hydrogens is 368 g/mol. The predicted molar refractivity (Wildman–Crippen MR) is 105 cm³/mol. The first-order valence-corrected chi connectivity index (χ1v) is 10.2. The van der Waals surface area contributed by atoms with Gasteiger partial charge in [0.25, 0.3) is 15.9 Å². The minimum absolute atomic E-state index is 0.246. The third-order valence-corrected chi connectivity index (χ3v) is 7.07. The fourth-order valence-corrected chi connectivity index (χ4v) is 4.70. The number of carbonyl (C=O) groups is 1. The van der Waals surface area contributed by atoms with Gasteiger partial charge in [-0.2, -0.15) is 0 Å². The largest absolute Gasteiger partial charge is 0.322 e. The molecule has 3 aromatic rings. The van der Waals surface area contributed by atoms with E-state index in [1.165, 1.54) is 22.7 Å². The normalized spacial score (nSPS) is 11.2. The van der Waals surface area contributed by atoms with Crippen molar-refractivity contribution in [3.05, 3.63) is 77.2 Å². The monoisotopic (exact) mass is 386 g/mol. The smallest absolute Gasteiger partial charge is 0.273 e. The third-order valence-electron chi connectivity index (χ3n) is 3.91. The summed E-state index contributed by atoms with van der Waals surface area (Å²) in [5, 5.41) is 4.54. The Morgan fingerprint density at radius 3 is 2.23 bits per heavy atom. The number of nitrogens with zero attached hydrogens (tertiary/aromatic N) is 1. The van der Waals surface area contributed by atoms with E-state index in [4.69, 9.17) is 0 Å². The Hall–Kier alpha value is -2.64. The van der Waals surface area contributed by atoms with E-state index in [1.807, 2.05) is 31.2 Å². The van der Waals surface area contributed by atoms with Crippen LogP contribution in [0.4, 0.5) is 11.4 Å². The van der Waals surface area contributed by atoms with Crippen LogP contribution in [-0.4, -0.2) is 21.4 Å². The number of anilines is 2. The molecule has 5 nitrogen and oxygen atoms in total. The predicted octanol–water partition coefficient (Wildman–Crippen LogP) is 4.13. The topological polar surface area (TPSA) is 66.5 Å². The van der Waals surface area contributed by atoms with E-state index in [1.54, 1.807) is 41.8 Å². The summed E-state index contributed by atoms with van der Waals surface area (Å²) in [6.45, 7) is 1.98. The maximum Gasteiger partial charge on any atom is 0.273 e. The van der Waals surface area contributed by atoms with Crippen LogP contribution in [0.25, 0.3) is 0 Å². The van der Waals surface area contributed by atoms with Gasteiger partial charge in [-0.15, -0.1) is 11.3 Å². The van der Waals surface area contributed by atoms with Gasteiger partial charge >= 0.3 is 0 Å². The van der Waals surface area contributed by atoms with Gasteiger partial charge in [0, 0.05) is 18.3 Å². The summed E-state index contributed by atoms with van der Waals surface area (Å²) in [6, 6.07) is 17.2. The van der Waals surface area contributed by atoms with Crippen molar-refractivity contribution in [2.45, 2.75) is 11.1 Å². The summed E-state index contributed by atoms with van der Waals surface area (Å²) in [5.74, 6) is -0.246. The van der Waals surface area contributed by atoms with Crippen LogP contribution in [-0.2, 0) is 10.0 Å². The van der Waals surface area contributed by atoms with Crippen molar-refractivity contribution in [3.8, 4) is 0 Å². The minimum atomic E-state index is -3.58. The molecule has 0 bridgehead atoms. The van der Waals surface area contributed by atoms with Crippen LogP contribution < -0.4 is 9.62 Å². The van der Waals surface area contributed by atoms with Gasteiger partial charge in [0.15, 0.2) is 0 Å². The molecule has 1 aromatic heterocycles. The first kappa shape index (κ1) is 18.2. The Balaban J connectivity index is 1.75. The van der Waals surface area contributed by atoms with E-state index in [9.17, 15) is 13.2 Å². The highest BCUT2D eigenvalue weighted by molar-refractivity contribution is 7.94. The Bertz CT molecular complexity index is 994. The minimum Gasteiger partial charge on any atom is -0.322 e. The van der Waals surface area contributed by atoms with Crippen molar-refractivity contribution in [3.63, 3.8) is 0 Å². The van der Waals surface area contributed by atoms with Crippen LogP contribution in [0.2, 0.25) is 0 Å². The van der Waals surface area contributed by atoms with Crippen molar-refractivity contribution >= 4 is 38.6 Å². The van der Waals surface area contributed by atoms with Crippen molar-refractivity contribution < 1.29 is 13.2 Å². The molecule has 0 unspecified atom stereocenters. The second-order valence-corrected chi connectivity index (χ2v) is 8.92. The van der Waals surface area contributed by atoms with Crippen molar-refractivity contribution in [1.82, 2.24) is 0 Å². The average Bonchev–Trinajstić information content (AvgIpc) is 3.18. The molecule has 1 N–H and O–H groups in total. The van der Waals surface area contributed by atoms with E-state index in [2.05, 4.69) is 5.32 Å². The van der Waals surface area contributed by atoms with Crippen molar-refractivity contribution in [2.24, 2.45) is 0 Å². The highest BCUT2D eigenvalue weighted by Crippen LogP contribution is 2.25. The summed E-state index contributed by atoms with van der Waals surface area (Å²) in [4.78, 5) is 12.3. The van der Waals surface area contributed by atoms with Crippen LogP contribution in [0.1, 0.15) is 15.9 Å². The summed E-state index contributed by atoms with van der Waals surface area (Å²) in [5.41, 5.74) is 2.77. The number of carbonyl (C=O) groups excluding carboxylic acids is 1. The van der Waals surface area contributed by atoms with Gasteiger partial charge < -0.3 is 5.32 Å². The van der Waals surface area contributed by atoms with E-state index < -0.39 is 10.0 Å². The second-order valence-electron chi connectivity index (χ2n) is 5.77. The molecule has 1 heterocycles. The molecule has 2 aromatic carbocycles. The van der Waals surface area contributed by atoms with Gasteiger partial charge in [-0.3, -0.25) is 9.10 Å². The maximum absolute atomic E-state index is 12.5. The molecule has 7 heteroatoms. The molecule has 0 aliphatic rings. The number of benzene rings is 2. The van der Waals surface area contributed by atoms with Gasteiger partial charge in [-0.25, -0.2) is 8.42 Å². The summed E-state index contributed by atoms with van der Waals surface area (Å²) in [7, 11) is -2.09. The molecule has 0 fully saturated rings. The van der Waals surface area contributed by atoms with Crippen LogP contribution in [0.15, 0.2) is 70.3 Å². The first-order valence-electron chi connectivity index (χ1n) is 7.88. The molecule has 0 atom stereocenters. The molecule has 0 saturated carbocycles. The number of amides is 1. The average molecular weight is 386 g/mol. The number of aryl methyl sites for hydroxylation is 1. The lowest BCUT2D eigenvalue weighted by Gasteiger charge is -2.18. The van der Waals surface area contributed by atoms with Crippen molar-refractivity contribution in [2.75, 3.05) is 16.7 Å². The number of sulfonamides is 1. The zero-order valence-electron chi connectivity index (χ0n) is 14.3. The SMILES string of the molecule is Cc1ccc(NC(=O)c2ccc(N(C)S(=O)(=O)c3cccs3)cc2)cc1. The molecule has 0 spiro atoms. The quantitative estimate of drug-likeness (QED) is 0.717. The molecule has 0 aliphatic heterocycles. The van der Waals surface area contributed by atoms with E-state index >= 15 is 0 Å². The standard InChI is InChI=1S/C19H18N2O3S2/c1-14-5-9-16(10-6-14)20-19(22)15-7-11-17(12-8-15)21(2)26(23,24)18-4-3-13-25-18/h3-13H,1-2H3,(H,20,22). The summed E-state index contributed by atoms with van der Waals surface area (Å²) >= 11 is 1.17. The first-order chi connectivity index (χ1) is 12.4. The van der Waals surface area contributed by atoms with Gasteiger partial charge in [-0.05, 0) is 54.8 Å². The Kier molecular flexibility index (Phi) is 5.11. The highest BCUT2D eigenvalue weighted by atomic mass is 32.2. The lowest BCUT2D eigenvalue weighted by molar-refractivity contribution is 0.102. The Morgan fingerprint density at radius 2 is 1.65 bits per heavy atom. The van der Waals surface area contributed by atoms with Crippen LogP contribution >= 0.6 is 11.3 Å². The van der Waals surface area contributed by atoms with E-state index in [0.717, 1.165) is 5.56 Å². The van der Waals surface area contributed by atoms with Gasteiger partial charge in [0.2, 0.25) is 0 Å². The molecule has 0 aliphatic carbocycles. The Morgan fingerprint density at radius 1 is 1.00 bits per heavy atom. The fraction of sp³-hybridized carbons (Fsp3) is 0.105. The van der Waals surface area contributed by atoms with Crippen LogP contribution in [0, 0.1) is 6.92 Å². The van der Waals surface area contributed by atoms with Gasteiger partial charge in [0.1, 0.15) is 4.21 Å². The maximum atomic E-state index is 12.5. The lowest BCUT2D eigenvalue weighted by atomic mass is 10.2. The highest BCUT2D eigenvalue weighted by Gasteiger charge is 2.22. The number of hydrogen-bond donors (Lipinski definition) is 1. The lowest BCUT2D eigenvalue weighted by Crippen LogP contribution is -2.25. The third kappa shape index (κ3) is 3.79. The van der Waals surface area contributed by atoms with Crippen LogP contribution in [0.3, 0.4) is 0 Å². The van der Waals surface area contributed by atoms with E-state index in [-0.39, 0.29) is 10.1 Å². The molecule has 0 radical (unpaired) electrons. The van der Waals surface area contributed by atoms with Gasteiger partial charge in [0.05, 0.1) is 5.69 Å². The molecule has 26 heavy (non-hydrogen) atoms.